The lowest BCUT2D eigenvalue weighted by Crippen LogP contribution is -2.39. The number of benzene rings is 1. The lowest BCUT2D eigenvalue weighted by Gasteiger charge is -2.32. The van der Waals surface area contributed by atoms with Crippen molar-refractivity contribution >= 4 is 10.9 Å². The van der Waals surface area contributed by atoms with E-state index < -0.39 is 0 Å². The van der Waals surface area contributed by atoms with Crippen molar-refractivity contribution in [2.45, 2.75) is 25.5 Å². The van der Waals surface area contributed by atoms with Crippen LogP contribution in [0.5, 0.6) is 5.75 Å². The predicted octanol–water partition coefficient (Wildman–Crippen LogP) is 2.30. The zero-order chi connectivity index (χ0) is 17.2. The average molecular weight is 338 g/mol. The van der Waals surface area contributed by atoms with Gasteiger partial charge in [-0.2, -0.15) is 0 Å². The summed E-state index contributed by atoms with van der Waals surface area (Å²) < 4.78 is 7.77. The molecule has 4 rings (SSSR count). The molecule has 1 aliphatic rings. The van der Waals surface area contributed by atoms with E-state index in [0.29, 0.717) is 6.54 Å². The Balaban J connectivity index is 1.38. The van der Waals surface area contributed by atoms with E-state index in [4.69, 9.17) is 4.74 Å². The Morgan fingerprint density at radius 1 is 1.28 bits per heavy atom. The Morgan fingerprint density at radius 3 is 2.96 bits per heavy atom. The highest BCUT2D eigenvalue weighted by Crippen LogP contribution is 2.27. The number of piperidine rings is 1. The fraction of sp³-hybridized carbons (Fsp3) is 0.368. The number of hydrogen-bond acceptors (Lipinski definition) is 4. The highest BCUT2D eigenvalue weighted by Gasteiger charge is 2.22. The van der Waals surface area contributed by atoms with Gasteiger partial charge in [-0.1, -0.05) is 6.07 Å². The van der Waals surface area contributed by atoms with Gasteiger partial charge in [0, 0.05) is 55.5 Å². The Hall–Kier alpha value is -2.60. The highest BCUT2D eigenvalue weighted by atomic mass is 16.5. The molecule has 3 heterocycles. The molecule has 1 aliphatic heterocycles. The predicted molar refractivity (Wildman–Crippen MR) is 96.7 cm³/mol. The molecule has 1 aromatic carbocycles. The highest BCUT2D eigenvalue weighted by molar-refractivity contribution is 5.85. The van der Waals surface area contributed by atoms with Crippen LogP contribution in [0.1, 0.15) is 18.4 Å². The van der Waals surface area contributed by atoms with Crippen LogP contribution < -0.4 is 10.3 Å². The maximum atomic E-state index is 12.1. The summed E-state index contributed by atoms with van der Waals surface area (Å²) in [7, 11) is 1.74. The second-order valence-electron chi connectivity index (χ2n) is 6.62. The van der Waals surface area contributed by atoms with Crippen LogP contribution in [0.2, 0.25) is 0 Å². The number of rotatable bonds is 4. The molecule has 1 saturated heterocycles. The molecule has 1 N–H and O–H groups in total. The molecule has 0 spiro atoms. The molecule has 0 amide bonds. The van der Waals surface area contributed by atoms with Crippen molar-refractivity contribution < 1.29 is 4.74 Å². The molecule has 25 heavy (non-hydrogen) atoms. The van der Waals surface area contributed by atoms with Gasteiger partial charge in [0.2, 0.25) is 0 Å². The first-order chi connectivity index (χ1) is 12.2. The van der Waals surface area contributed by atoms with Crippen LogP contribution in [0.3, 0.4) is 0 Å². The first-order valence-electron chi connectivity index (χ1n) is 8.65. The Kier molecular flexibility index (Phi) is 4.28. The van der Waals surface area contributed by atoms with E-state index in [1.165, 1.54) is 4.57 Å². The summed E-state index contributed by atoms with van der Waals surface area (Å²) in [5.41, 5.74) is 1.89. The van der Waals surface area contributed by atoms with Crippen molar-refractivity contribution in [2.75, 3.05) is 13.1 Å². The number of hydrogen-bond donors (Lipinski definition) is 1. The molecule has 0 atom stereocenters. The summed E-state index contributed by atoms with van der Waals surface area (Å²) >= 11 is 0. The van der Waals surface area contributed by atoms with Crippen LogP contribution in [0.4, 0.5) is 0 Å². The van der Waals surface area contributed by atoms with Crippen molar-refractivity contribution in [3.63, 3.8) is 0 Å². The summed E-state index contributed by atoms with van der Waals surface area (Å²) in [6.07, 6.45) is 7.30. The molecule has 2 aromatic heterocycles. The normalized spacial score (nSPS) is 16.4. The van der Waals surface area contributed by atoms with E-state index >= 15 is 0 Å². The minimum Gasteiger partial charge on any atom is -0.490 e. The SMILES string of the molecule is Cn1cncc(CN2CCC(Oc3cccc4[nH]ccc34)CC2)c1=O. The van der Waals surface area contributed by atoms with Gasteiger partial charge in [-0.05, 0) is 31.0 Å². The minimum absolute atomic E-state index is 0.0347. The smallest absolute Gasteiger partial charge is 0.257 e. The number of H-pyrrole nitrogens is 1. The van der Waals surface area contributed by atoms with E-state index in [1.807, 2.05) is 18.3 Å². The van der Waals surface area contributed by atoms with Gasteiger partial charge >= 0.3 is 0 Å². The zero-order valence-corrected chi connectivity index (χ0v) is 14.3. The van der Waals surface area contributed by atoms with E-state index in [2.05, 4.69) is 27.0 Å². The molecule has 3 aromatic rings. The van der Waals surface area contributed by atoms with Crippen molar-refractivity contribution in [1.82, 2.24) is 19.4 Å². The van der Waals surface area contributed by atoms with E-state index in [0.717, 1.165) is 48.1 Å². The molecule has 6 heteroatoms. The number of nitrogens with one attached hydrogen (secondary N) is 1. The lowest BCUT2D eigenvalue weighted by molar-refractivity contribution is 0.0976. The van der Waals surface area contributed by atoms with Crippen molar-refractivity contribution in [2.24, 2.45) is 7.05 Å². The molecule has 0 unspecified atom stereocenters. The molecule has 0 radical (unpaired) electrons. The van der Waals surface area contributed by atoms with E-state index in [-0.39, 0.29) is 11.7 Å². The standard InChI is InChI=1S/C19H22N4O2/c1-22-13-20-11-14(19(22)24)12-23-9-6-15(7-10-23)25-18-4-2-3-17-16(18)5-8-21-17/h2-5,8,11,13,15,21H,6-7,9-10,12H2,1H3. The molecule has 6 nitrogen and oxygen atoms in total. The molecule has 0 bridgehead atoms. The molecule has 130 valence electrons. The van der Waals surface area contributed by atoms with Crippen LogP contribution in [0, 0.1) is 0 Å². The van der Waals surface area contributed by atoms with Crippen LogP contribution in [-0.4, -0.2) is 38.6 Å². The van der Waals surface area contributed by atoms with Gasteiger partial charge in [-0.15, -0.1) is 0 Å². The second-order valence-corrected chi connectivity index (χ2v) is 6.62. The first-order valence-corrected chi connectivity index (χ1v) is 8.65. The first kappa shape index (κ1) is 15.9. The summed E-state index contributed by atoms with van der Waals surface area (Å²) in [6.45, 7) is 2.50. The number of ether oxygens (including phenoxy) is 1. The number of aromatic nitrogens is 3. The summed E-state index contributed by atoms with van der Waals surface area (Å²) in [4.78, 5) is 21.7. The van der Waals surface area contributed by atoms with E-state index in [1.54, 1.807) is 19.6 Å². The fourth-order valence-electron chi connectivity index (χ4n) is 3.43. The van der Waals surface area contributed by atoms with Gasteiger partial charge in [0.05, 0.1) is 6.33 Å². The molecule has 0 saturated carbocycles. The average Bonchev–Trinajstić information content (AvgIpc) is 3.10. The summed E-state index contributed by atoms with van der Waals surface area (Å²) in [5, 5.41) is 1.13. The fourth-order valence-corrected chi connectivity index (χ4v) is 3.43. The van der Waals surface area contributed by atoms with Gasteiger partial charge in [0.25, 0.3) is 5.56 Å². The molecule has 0 aliphatic carbocycles. The number of nitrogens with zero attached hydrogens (tertiary/aromatic N) is 3. The Bertz CT molecular complexity index is 922. The third-order valence-electron chi connectivity index (χ3n) is 4.84. The summed E-state index contributed by atoms with van der Waals surface area (Å²) in [5.74, 6) is 0.943. The van der Waals surface area contributed by atoms with Gasteiger partial charge < -0.3 is 14.3 Å². The van der Waals surface area contributed by atoms with Crippen molar-refractivity contribution in [3.8, 4) is 5.75 Å². The second kappa shape index (κ2) is 6.72. The van der Waals surface area contributed by atoms with Crippen LogP contribution in [-0.2, 0) is 13.6 Å². The third kappa shape index (κ3) is 3.30. The van der Waals surface area contributed by atoms with E-state index in [9.17, 15) is 4.79 Å². The summed E-state index contributed by atoms with van der Waals surface area (Å²) in [6, 6.07) is 8.15. The lowest BCUT2D eigenvalue weighted by atomic mass is 10.1. The monoisotopic (exact) mass is 338 g/mol. The van der Waals surface area contributed by atoms with Crippen molar-refractivity contribution in [3.05, 3.63) is 58.9 Å². The zero-order valence-electron chi connectivity index (χ0n) is 14.3. The topological polar surface area (TPSA) is 63.1 Å². The van der Waals surface area contributed by atoms with Crippen LogP contribution in [0.25, 0.3) is 10.9 Å². The minimum atomic E-state index is 0.0347. The maximum Gasteiger partial charge on any atom is 0.257 e. The van der Waals surface area contributed by atoms with Crippen LogP contribution in [0.15, 0.2) is 47.8 Å². The van der Waals surface area contributed by atoms with Crippen LogP contribution >= 0.6 is 0 Å². The van der Waals surface area contributed by atoms with Gasteiger partial charge in [0.15, 0.2) is 0 Å². The largest absolute Gasteiger partial charge is 0.490 e. The molecular weight excluding hydrogens is 316 g/mol. The van der Waals surface area contributed by atoms with Crippen molar-refractivity contribution in [1.29, 1.82) is 0 Å². The maximum absolute atomic E-state index is 12.1. The van der Waals surface area contributed by atoms with Gasteiger partial charge in [0.1, 0.15) is 11.9 Å². The van der Waals surface area contributed by atoms with Gasteiger partial charge in [-0.3, -0.25) is 9.69 Å². The quantitative estimate of drug-likeness (QED) is 0.793. The number of fused-ring (bicyclic) bond motifs is 1. The number of likely N-dealkylation sites (tertiary alicyclic amines) is 1. The Morgan fingerprint density at radius 2 is 2.12 bits per heavy atom. The van der Waals surface area contributed by atoms with Gasteiger partial charge in [-0.25, -0.2) is 4.98 Å². The Labute approximate surface area is 146 Å². The third-order valence-corrected chi connectivity index (χ3v) is 4.84. The number of aryl methyl sites for hydroxylation is 1. The molecule has 1 fully saturated rings. The number of aromatic amines is 1. The molecular formula is C19H22N4O2.